The van der Waals surface area contributed by atoms with Gasteiger partial charge < -0.3 is 14.7 Å². The van der Waals surface area contributed by atoms with E-state index in [0.717, 1.165) is 19.6 Å². The molecule has 1 saturated heterocycles. The molecule has 128 valence electrons. The second-order valence-corrected chi connectivity index (χ2v) is 6.01. The fourth-order valence-electron chi connectivity index (χ4n) is 2.82. The average molecular weight is 332 g/mol. The van der Waals surface area contributed by atoms with Crippen LogP contribution in [0.1, 0.15) is 25.7 Å². The van der Waals surface area contributed by atoms with Crippen LogP contribution in [0.25, 0.3) is 11.4 Å². The molecule has 1 fully saturated rings. The lowest BCUT2D eigenvalue weighted by Gasteiger charge is -2.34. The third-order valence-corrected chi connectivity index (χ3v) is 4.17. The Bertz CT molecular complexity index is 686. The quantitative estimate of drug-likeness (QED) is 0.907. The van der Waals surface area contributed by atoms with E-state index in [-0.39, 0.29) is 17.8 Å². The van der Waals surface area contributed by atoms with E-state index >= 15 is 0 Å². The maximum absolute atomic E-state index is 12.9. The standard InChI is InChI=1S/C17H21FN4O2/c1-12-11-19-9-10-22(12)16(23)4-2-3-15-20-17(21-24-15)13-5-7-14(18)8-6-13/h5-8,12,19H,2-4,9-11H2,1H3/t12-/m1/s1. The van der Waals surface area contributed by atoms with Crippen LogP contribution in [0.4, 0.5) is 4.39 Å². The van der Waals surface area contributed by atoms with Crippen LogP contribution < -0.4 is 5.32 Å². The predicted octanol–water partition coefficient (Wildman–Crippen LogP) is 2.02. The molecule has 1 aromatic heterocycles. The van der Waals surface area contributed by atoms with Crippen LogP contribution in [0.5, 0.6) is 0 Å². The van der Waals surface area contributed by atoms with E-state index in [4.69, 9.17) is 4.52 Å². The molecule has 2 aromatic rings. The topological polar surface area (TPSA) is 71.3 Å². The van der Waals surface area contributed by atoms with Gasteiger partial charge in [-0.1, -0.05) is 5.16 Å². The van der Waals surface area contributed by atoms with Gasteiger partial charge in [-0.2, -0.15) is 4.98 Å². The Balaban J connectivity index is 1.50. The lowest BCUT2D eigenvalue weighted by Crippen LogP contribution is -2.52. The van der Waals surface area contributed by atoms with E-state index in [9.17, 15) is 9.18 Å². The summed E-state index contributed by atoms with van der Waals surface area (Å²) >= 11 is 0. The number of hydrogen-bond acceptors (Lipinski definition) is 5. The van der Waals surface area contributed by atoms with Gasteiger partial charge in [-0.25, -0.2) is 4.39 Å². The summed E-state index contributed by atoms with van der Waals surface area (Å²) in [5.74, 6) is 0.799. The highest BCUT2D eigenvalue weighted by molar-refractivity contribution is 5.76. The van der Waals surface area contributed by atoms with Gasteiger partial charge in [0.1, 0.15) is 5.82 Å². The van der Waals surface area contributed by atoms with Crippen molar-refractivity contribution in [3.63, 3.8) is 0 Å². The minimum absolute atomic E-state index is 0.169. The van der Waals surface area contributed by atoms with Crippen LogP contribution in [0.3, 0.4) is 0 Å². The molecular weight excluding hydrogens is 311 g/mol. The molecule has 1 atom stereocenters. The third-order valence-electron chi connectivity index (χ3n) is 4.17. The molecule has 6 nitrogen and oxygen atoms in total. The molecule has 0 bridgehead atoms. The molecule has 3 rings (SSSR count). The Hall–Kier alpha value is -2.28. The molecular formula is C17H21FN4O2. The number of aryl methyl sites for hydroxylation is 1. The Kier molecular flexibility index (Phi) is 5.20. The van der Waals surface area contributed by atoms with E-state index in [1.165, 1.54) is 12.1 Å². The molecule has 0 radical (unpaired) electrons. The van der Waals surface area contributed by atoms with Crippen LogP contribution in [-0.4, -0.2) is 46.6 Å². The minimum atomic E-state index is -0.303. The van der Waals surface area contributed by atoms with Crippen molar-refractivity contribution in [2.45, 2.75) is 32.2 Å². The van der Waals surface area contributed by atoms with Crippen LogP contribution in [0.2, 0.25) is 0 Å². The number of halogens is 1. The Morgan fingerprint density at radius 2 is 2.21 bits per heavy atom. The number of hydrogen-bond donors (Lipinski definition) is 1. The first-order chi connectivity index (χ1) is 11.6. The van der Waals surface area contributed by atoms with E-state index in [1.807, 2.05) is 4.90 Å². The number of nitrogens with one attached hydrogen (secondary N) is 1. The monoisotopic (exact) mass is 332 g/mol. The van der Waals surface area contributed by atoms with E-state index in [2.05, 4.69) is 22.4 Å². The lowest BCUT2D eigenvalue weighted by atomic mass is 10.1. The van der Waals surface area contributed by atoms with E-state index in [0.29, 0.717) is 36.5 Å². The Morgan fingerprint density at radius 1 is 1.42 bits per heavy atom. The lowest BCUT2D eigenvalue weighted by molar-refractivity contribution is -0.134. The van der Waals surface area contributed by atoms with E-state index in [1.54, 1.807) is 12.1 Å². The van der Waals surface area contributed by atoms with Crippen LogP contribution in [0, 0.1) is 5.82 Å². The SMILES string of the molecule is C[C@@H]1CNCCN1C(=O)CCCc1nc(-c2ccc(F)cc2)no1. The maximum atomic E-state index is 12.9. The van der Waals surface area contributed by atoms with Gasteiger partial charge in [0.15, 0.2) is 0 Å². The summed E-state index contributed by atoms with van der Waals surface area (Å²) in [5, 5.41) is 7.18. The van der Waals surface area contributed by atoms with Gasteiger partial charge in [0, 0.05) is 44.1 Å². The van der Waals surface area contributed by atoms with Gasteiger partial charge in [-0.15, -0.1) is 0 Å². The number of carbonyl (C=O) groups is 1. The third kappa shape index (κ3) is 3.97. The highest BCUT2D eigenvalue weighted by Gasteiger charge is 2.22. The molecule has 1 aliphatic heterocycles. The van der Waals surface area contributed by atoms with Crippen molar-refractivity contribution in [2.75, 3.05) is 19.6 Å². The van der Waals surface area contributed by atoms with Crippen molar-refractivity contribution < 1.29 is 13.7 Å². The summed E-state index contributed by atoms with van der Waals surface area (Å²) in [6, 6.07) is 6.18. The summed E-state index contributed by atoms with van der Waals surface area (Å²) in [6.07, 6.45) is 1.69. The first-order valence-corrected chi connectivity index (χ1v) is 8.22. The average Bonchev–Trinajstić information content (AvgIpc) is 3.04. The Morgan fingerprint density at radius 3 is 2.96 bits per heavy atom. The minimum Gasteiger partial charge on any atom is -0.339 e. The molecule has 1 N–H and O–H groups in total. The van der Waals surface area contributed by atoms with Gasteiger partial charge in [-0.05, 0) is 37.6 Å². The van der Waals surface area contributed by atoms with Crippen LogP contribution in [0.15, 0.2) is 28.8 Å². The van der Waals surface area contributed by atoms with Gasteiger partial charge in [0.25, 0.3) is 0 Å². The second-order valence-electron chi connectivity index (χ2n) is 6.01. The normalized spacial score (nSPS) is 17.9. The molecule has 1 amide bonds. The number of rotatable bonds is 5. The molecule has 7 heteroatoms. The van der Waals surface area contributed by atoms with Crippen molar-refractivity contribution in [1.29, 1.82) is 0 Å². The molecule has 1 aliphatic rings. The van der Waals surface area contributed by atoms with Crippen molar-refractivity contribution in [1.82, 2.24) is 20.4 Å². The van der Waals surface area contributed by atoms with Crippen LogP contribution in [-0.2, 0) is 11.2 Å². The first-order valence-electron chi connectivity index (χ1n) is 8.22. The number of amides is 1. The first kappa shape index (κ1) is 16.6. The van der Waals surface area contributed by atoms with Crippen molar-refractivity contribution in [2.24, 2.45) is 0 Å². The summed E-state index contributed by atoms with van der Waals surface area (Å²) in [4.78, 5) is 18.5. The zero-order chi connectivity index (χ0) is 16.9. The fourth-order valence-corrected chi connectivity index (χ4v) is 2.82. The molecule has 1 aromatic carbocycles. The van der Waals surface area contributed by atoms with Gasteiger partial charge in [-0.3, -0.25) is 4.79 Å². The zero-order valence-electron chi connectivity index (χ0n) is 13.7. The highest BCUT2D eigenvalue weighted by atomic mass is 19.1. The largest absolute Gasteiger partial charge is 0.339 e. The van der Waals surface area contributed by atoms with Gasteiger partial charge >= 0.3 is 0 Å². The van der Waals surface area contributed by atoms with Gasteiger partial charge in [0.2, 0.25) is 17.6 Å². The van der Waals surface area contributed by atoms with Crippen molar-refractivity contribution in [3.8, 4) is 11.4 Å². The van der Waals surface area contributed by atoms with Crippen molar-refractivity contribution in [3.05, 3.63) is 36.0 Å². The molecule has 0 saturated carbocycles. The fraction of sp³-hybridized carbons (Fsp3) is 0.471. The number of benzene rings is 1. The molecule has 0 spiro atoms. The van der Waals surface area contributed by atoms with Crippen LogP contribution >= 0.6 is 0 Å². The summed E-state index contributed by atoms with van der Waals surface area (Å²) in [5.41, 5.74) is 0.706. The smallest absolute Gasteiger partial charge is 0.226 e. The molecule has 2 heterocycles. The number of carbonyl (C=O) groups excluding carboxylic acids is 1. The summed E-state index contributed by atoms with van der Waals surface area (Å²) < 4.78 is 18.1. The molecule has 0 aliphatic carbocycles. The summed E-state index contributed by atoms with van der Waals surface area (Å²) in [6.45, 7) is 4.50. The zero-order valence-corrected chi connectivity index (χ0v) is 13.7. The molecule has 24 heavy (non-hydrogen) atoms. The van der Waals surface area contributed by atoms with E-state index < -0.39 is 0 Å². The highest BCUT2D eigenvalue weighted by Crippen LogP contribution is 2.17. The maximum Gasteiger partial charge on any atom is 0.226 e. The number of aromatic nitrogens is 2. The van der Waals surface area contributed by atoms with Crippen molar-refractivity contribution >= 4 is 5.91 Å². The summed E-state index contributed by atoms with van der Waals surface area (Å²) in [7, 11) is 0. The second kappa shape index (κ2) is 7.53. The van der Waals surface area contributed by atoms with Gasteiger partial charge in [0.05, 0.1) is 0 Å². The number of piperazine rings is 1. The Labute approximate surface area is 140 Å². The molecule has 0 unspecified atom stereocenters. The number of nitrogens with zero attached hydrogens (tertiary/aromatic N) is 3. The predicted molar refractivity (Wildman–Crippen MR) is 86.7 cm³/mol.